The summed E-state index contributed by atoms with van der Waals surface area (Å²) in [5.41, 5.74) is 0.585. The second kappa shape index (κ2) is 6.70. The Bertz CT molecular complexity index is 790. The van der Waals surface area contributed by atoms with Gasteiger partial charge in [-0.2, -0.15) is 0 Å². The number of hydrogen-bond donors (Lipinski definition) is 1. The van der Waals surface area contributed by atoms with Gasteiger partial charge in [0.25, 0.3) is 0 Å². The Morgan fingerprint density at radius 2 is 2.00 bits per heavy atom. The monoisotopic (exact) mass is 329 g/mol. The third kappa shape index (κ3) is 2.95. The largest absolute Gasteiger partial charge is 0.493 e. The number of anilines is 1. The van der Waals surface area contributed by atoms with E-state index in [2.05, 4.69) is 10.1 Å². The van der Waals surface area contributed by atoms with Gasteiger partial charge in [0.15, 0.2) is 0 Å². The first-order valence-corrected chi connectivity index (χ1v) is 7.51. The van der Waals surface area contributed by atoms with Crippen LogP contribution in [0.3, 0.4) is 0 Å². The highest BCUT2D eigenvalue weighted by molar-refractivity contribution is 6.03. The average Bonchev–Trinajstić information content (AvgIpc) is 2.60. The summed E-state index contributed by atoms with van der Waals surface area (Å²) in [5.74, 6) is -1.66. The molecule has 0 saturated carbocycles. The average molecular weight is 329 g/mol. The van der Waals surface area contributed by atoms with Crippen molar-refractivity contribution < 1.29 is 23.5 Å². The summed E-state index contributed by atoms with van der Waals surface area (Å²) in [6, 6.07) is 11.3. The number of para-hydroxylation sites is 1. The Labute approximate surface area is 138 Å². The van der Waals surface area contributed by atoms with E-state index in [1.165, 1.54) is 12.1 Å². The van der Waals surface area contributed by atoms with Crippen molar-refractivity contribution in [3.05, 3.63) is 59.4 Å². The standard InChI is InChI=1S/C18H16FNO4/c1-23-18(22)16-13(19)6-4-7-14(16)20-17(21)12-9-10-24-15-8-3-2-5-11(12)15/h2-8,12H,9-10H2,1H3,(H,20,21)/t12-/m0/s1. The van der Waals surface area contributed by atoms with Crippen LogP contribution < -0.4 is 10.1 Å². The van der Waals surface area contributed by atoms with Gasteiger partial charge in [-0.05, 0) is 24.6 Å². The lowest BCUT2D eigenvalue weighted by Gasteiger charge is -2.25. The van der Waals surface area contributed by atoms with E-state index in [1.54, 1.807) is 6.07 Å². The lowest BCUT2D eigenvalue weighted by atomic mass is 9.92. The zero-order chi connectivity index (χ0) is 17.1. The van der Waals surface area contributed by atoms with Crippen LogP contribution in [-0.4, -0.2) is 25.6 Å². The summed E-state index contributed by atoms with van der Waals surface area (Å²) >= 11 is 0. The van der Waals surface area contributed by atoms with Crippen molar-refractivity contribution in [1.82, 2.24) is 0 Å². The molecule has 6 heteroatoms. The van der Waals surface area contributed by atoms with Crippen molar-refractivity contribution in [2.75, 3.05) is 19.0 Å². The number of carbonyl (C=O) groups is 2. The molecule has 1 aliphatic rings. The van der Waals surface area contributed by atoms with Crippen molar-refractivity contribution >= 4 is 17.6 Å². The van der Waals surface area contributed by atoms with E-state index in [0.29, 0.717) is 18.8 Å². The van der Waals surface area contributed by atoms with Gasteiger partial charge < -0.3 is 14.8 Å². The molecule has 1 heterocycles. The molecule has 1 aliphatic heterocycles. The predicted molar refractivity (Wildman–Crippen MR) is 85.7 cm³/mol. The van der Waals surface area contributed by atoms with Crippen LogP contribution in [0.15, 0.2) is 42.5 Å². The molecule has 0 unspecified atom stereocenters. The second-order valence-electron chi connectivity index (χ2n) is 5.37. The lowest BCUT2D eigenvalue weighted by molar-refractivity contribution is -0.118. The number of ether oxygens (including phenoxy) is 2. The second-order valence-corrected chi connectivity index (χ2v) is 5.37. The van der Waals surface area contributed by atoms with E-state index in [1.807, 2.05) is 18.2 Å². The minimum Gasteiger partial charge on any atom is -0.493 e. The van der Waals surface area contributed by atoms with Gasteiger partial charge in [-0.1, -0.05) is 24.3 Å². The van der Waals surface area contributed by atoms with Crippen LogP contribution >= 0.6 is 0 Å². The highest BCUT2D eigenvalue weighted by Crippen LogP contribution is 2.34. The van der Waals surface area contributed by atoms with Gasteiger partial charge in [0.05, 0.1) is 25.3 Å². The molecule has 124 valence electrons. The maximum atomic E-state index is 13.9. The fourth-order valence-electron chi connectivity index (χ4n) is 2.77. The molecule has 1 amide bonds. The van der Waals surface area contributed by atoms with Gasteiger partial charge in [0.1, 0.15) is 17.1 Å². The number of nitrogens with one attached hydrogen (secondary N) is 1. The topological polar surface area (TPSA) is 64.6 Å². The molecule has 0 aromatic heterocycles. The van der Waals surface area contributed by atoms with Gasteiger partial charge in [-0.15, -0.1) is 0 Å². The minimum atomic E-state index is -0.837. The Kier molecular flexibility index (Phi) is 4.46. The van der Waals surface area contributed by atoms with Crippen molar-refractivity contribution in [3.63, 3.8) is 0 Å². The Balaban J connectivity index is 1.89. The quantitative estimate of drug-likeness (QED) is 0.879. The number of benzene rings is 2. The van der Waals surface area contributed by atoms with Crippen molar-refractivity contribution in [3.8, 4) is 5.75 Å². The van der Waals surface area contributed by atoms with E-state index < -0.39 is 17.7 Å². The molecule has 0 aliphatic carbocycles. The van der Waals surface area contributed by atoms with Gasteiger partial charge in [0.2, 0.25) is 5.91 Å². The molecule has 0 saturated heterocycles. The number of halogens is 1. The van der Waals surface area contributed by atoms with E-state index in [9.17, 15) is 14.0 Å². The van der Waals surface area contributed by atoms with Crippen LogP contribution in [0.5, 0.6) is 5.75 Å². The summed E-state index contributed by atoms with van der Waals surface area (Å²) < 4.78 is 24.1. The molecule has 0 fully saturated rings. The molecule has 0 radical (unpaired) electrons. The summed E-state index contributed by atoms with van der Waals surface area (Å²) in [5, 5.41) is 2.64. The van der Waals surface area contributed by atoms with Crippen LogP contribution in [0.2, 0.25) is 0 Å². The summed E-state index contributed by atoms with van der Waals surface area (Å²) in [6.07, 6.45) is 0.506. The first kappa shape index (κ1) is 16.0. The van der Waals surface area contributed by atoms with Crippen molar-refractivity contribution in [1.29, 1.82) is 0 Å². The molecule has 0 spiro atoms. The molecule has 2 aromatic rings. The maximum absolute atomic E-state index is 13.9. The van der Waals surface area contributed by atoms with Gasteiger partial charge in [-0.3, -0.25) is 4.79 Å². The Morgan fingerprint density at radius 3 is 2.79 bits per heavy atom. The fraction of sp³-hybridized carbons (Fsp3) is 0.222. The lowest BCUT2D eigenvalue weighted by Crippen LogP contribution is -2.27. The van der Waals surface area contributed by atoms with Gasteiger partial charge in [-0.25, -0.2) is 9.18 Å². The van der Waals surface area contributed by atoms with Crippen LogP contribution in [0.1, 0.15) is 28.3 Å². The number of carbonyl (C=O) groups excluding carboxylic acids is 2. The third-order valence-corrected chi connectivity index (χ3v) is 3.94. The Hall–Kier alpha value is -2.89. The normalized spacial score (nSPS) is 15.8. The molecule has 1 atom stereocenters. The zero-order valence-corrected chi connectivity index (χ0v) is 13.0. The summed E-state index contributed by atoms with van der Waals surface area (Å²) in [7, 11) is 1.16. The number of hydrogen-bond acceptors (Lipinski definition) is 4. The molecule has 0 bridgehead atoms. The SMILES string of the molecule is COC(=O)c1c(F)cccc1NC(=O)[C@H]1CCOc2ccccc21. The first-order valence-electron chi connectivity index (χ1n) is 7.51. The van der Waals surface area contributed by atoms with Crippen LogP contribution in [0.25, 0.3) is 0 Å². The van der Waals surface area contributed by atoms with E-state index >= 15 is 0 Å². The van der Waals surface area contributed by atoms with Gasteiger partial charge >= 0.3 is 5.97 Å². The van der Waals surface area contributed by atoms with Crippen LogP contribution in [0.4, 0.5) is 10.1 Å². The molecule has 3 rings (SSSR count). The van der Waals surface area contributed by atoms with Crippen LogP contribution in [0, 0.1) is 5.82 Å². The van der Waals surface area contributed by atoms with Crippen LogP contribution in [-0.2, 0) is 9.53 Å². The number of esters is 1. The molecular formula is C18H16FNO4. The number of fused-ring (bicyclic) bond motifs is 1. The zero-order valence-electron chi connectivity index (χ0n) is 13.0. The van der Waals surface area contributed by atoms with E-state index in [0.717, 1.165) is 18.7 Å². The first-order chi connectivity index (χ1) is 11.6. The highest BCUT2D eigenvalue weighted by atomic mass is 19.1. The number of amides is 1. The Morgan fingerprint density at radius 1 is 1.21 bits per heavy atom. The molecule has 1 N–H and O–H groups in total. The maximum Gasteiger partial charge on any atom is 0.342 e. The van der Waals surface area contributed by atoms with Crippen molar-refractivity contribution in [2.24, 2.45) is 0 Å². The summed E-state index contributed by atoms with van der Waals surface area (Å²) in [6.45, 7) is 0.419. The molecule has 24 heavy (non-hydrogen) atoms. The smallest absolute Gasteiger partial charge is 0.342 e. The fourth-order valence-corrected chi connectivity index (χ4v) is 2.77. The summed E-state index contributed by atoms with van der Waals surface area (Å²) in [4.78, 5) is 24.4. The number of methoxy groups -OCH3 is 1. The number of rotatable bonds is 3. The predicted octanol–water partition coefficient (Wildman–Crippen LogP) is 3.12. The molecule has 2 aromatic carbocycles. The highest BCUT2D eigenvalue weighted by Gasteiger charge is 2.29. The molecular weight excluding hydrogens is 313 g/mol. The van der Waals surface area contributed by atoms with Gasteiger partial charge in [0, 0.05) is 5.56 Å². The van der Waals surface area contributed by atoms with Crippen molar-refractivity contribution in [2.45, 2.75) is 12.3 Å². The van der Waals surface area contributed by atoms with E-state index in [4.69, 9.17) is 4.74 Å². The minimum absolute atomic E-state index is 0.0934. The molecule has 5 nitrogen and oxygen atoms in total. The third-order valence-electron chi connectivity index (χ3n) is 3.94. The van der Waals surface area contributed by atoms with E-state index in [-0.39, 0.29) is 17.2 Å².